The van der Waals surface area contributed by atoms with Crippen molar-refractivity contribution in [2.24, 2.45) is 11.5 Å². The third kappa shape index (κ3) is 3.15. The van der Waals surface area contributed by atoms with E-state index in [1.165, 1.54) is 0 Å². The normalized spacial score (nSPS) is 23.7. The zero-order valence-electron chi connectivity index (χ0n) is 10.2. The molecule has 0 heterocycles. The quantitative estimate of drug-likeness (QED) is 0.785. The molecule has 0 bridgehead atoms. The minimum atomic E-state index is -0.449. The highest BCUT2D eigenvalue weighted by molar-refractivity contribution is 6.33. The summed E-state index contributed by atoms with van der Waals surface area (Å²) in [5, 5.41) is 3.95. The fraction of sp³-hybridized carbons (Fsp3) is 0.462. The Balaban J connectivity index is 2.12. The summed E-state index contributed by atoms with van der Waals surface area (Å²) < 4.78 is 0. The molecule has 4 nitrogen and oxygen atoms in total. The molecule has 2 atom stereocenters. The van der Waals surface area contributed by atoms with Crippen molar-refractivity contribution in [2.45, 2.75) is 37.8 Å². The molecule has 0 radical (unpaired) electrons. The number of carbonyl (C=O) groups is 1. The molecule has 1 aliphatic carbocycles. The largest absolute Gasteiger partial charge is 0.381 e. The molecule has 1 aromatic rings. The highest BCUT2D eigenvalue weighted by Crippen LogP contribution is 2.27. The number of nitrogens with two attached hydrogens (primary N) is 2. The van der Waals surface area contributed by atoms with Crippen molar-refractivity contribution < 1.29 is 4.79 Å². The van der Waals surface area contributed by atoms with E-state index < -0.39 is 5.91 Å². The summed E-state index contributed by atoms with van der Waals surface area (Å²) >= 11 is 6.11. The first-order valence-corrected chi connectivity index (χ1v) is 6.55. The van der Waals surface area contributed by atoms with Crippen LogP contribution in [-0.2, 0) is 0 Å². The number of hydrogen-bond donors (Lipinski definition) is 3. The maximum Gasteiger partial charge on any atom is 0.248 e. The molecular weight excluding hydrogens is 250 g/mol. The van der Waals surface area contributed by atoms with Gasteiger partial charge in [-0.3, -0.25) is 4.79 Å². The van der Waals surface area contributed by atoms with Crippen LogP contribution in [0.15, 0.2) is 18.2 Å². The molecule has 0 saturated heterocycles. The van der Waals surface area contributed by atoms with Crippen molar-refractivity contribution in [2.75, 3.05) is 5.32 Å². The van der Waals surface area contributed by atoms with E-state index in [9.17, 15) is 4.79 Å². The van der Waals surface area contributed by atoms with Crippen LogP contribution < -0.4 is 16.8 Å². The zero-order chi connectivity index (χ0) is 13.1. The molecule has 2 rings (SSSR count). The predicted molar refractivity (Wildman–Crippen MR) is 73.8 cm³/mol. The second kappa shape index (κ2) is 5.59. The molecule has 0 aliphatic heterocycles. The van der Waals surface area contributed by atoms with Crippen LogP contribution in [0.4, 0.5) is 5.69 Å². The second-order valence-electron chi connectivity index (χ2n) is 4.83. The van der Waals surface area contributed by atoms with Crippen molar-refractivity contribution >= 4 is 23.2 Å². The fourth-order valence-corrected chi connectivity index (χ4v) is 2.54. The third-order valence-electron chi connectivity index (χ3n) is 3.33. The lowest BCUT2D eigenvalue weighted by molar-refractivity contribution is 0.100. The van der Waals surface area contributed by atoms with E-state index in [1.807, 2.05) is 0 Å². The van der Waals surface area contributed by atoms with Gasteiger partial charge in [-0.1, -0.05) is 11.6 Å². The molecule has 98 valence electrons. The maximum atomic E-state index is 11.1. The Labute approximate surface area is 112 Å². The van der Waals surface area contributed by atoms with Gasteiger partial charge in [0.15, 0.2) is 0 Å². The fourth-order valence-electron chi connectivity index (χ4n) is 2.37. The maximum absolute atomic E-state index is 11.1. The van der Waals surface area contributed by atoms with Gasteiger partial charge in [-0.15, -0.1) is 0 Å². The van der Waals surface area contributed by atoms with Crippen LogP contribution >= 0.6 is 11.6 Å². The summed E-state index contributed by atoms with van der Waals surface area (Å²) in [5.41, 5.74) is 12.4. The first kappa shape index (κ1) is 13.2. The van der Waals surface area contributed by atoms with Crippen LogP contribution in [-0.4, -0.2) is 18.0 Å². The summed E-state index contributed by atoms with van der Waals surface area (Å²) in [6.07, 6.45) is 4.20. The van der Waals surface area contributed by atoms with E-state index in [4.69, 9.17) is 23.1 Å². The van der Waals surface area contributed by atoms with Gasteiger partial charge in [0.25, 0.3) is 0 Å². The highest BCUT2D eigenvalue weighted by Gasteiger charge is 2.19. The van der Waals surface area contributed by atoms with Crippen LogP contribution in [0.1, 0.15) is 36.0 Å². The minimum absolute atomic E-state index is 0.245. The van der Waals surface area contributed by atoms with Crippen molar-refractivity contribution in [1.82, 2.24) is 0 Å². The molecule has 5 heteroatoms. The lowest BCUT2D eigenvalue weighted by atomic mass is 9.91. The summed E-state index contributed by atoms with van der Waals surface area (Å²) in [5.74, 6) is -0.449. The van der Waals surface area contributed by atoms with Gasteiger partial charge in [-0.25, -0.2) is 0 Å². The van der Waals surface area contributed by atoms with Gasteiger partial charge >= 0.3 is 0 Å². The average Bonchev–Trinajstić information content (AvgIpc) is 2.31. The van der Waals surface area contributed by atoms with E-state index >= 15 is 0 Å². The number of benzene rings is 1. The third-order valence-corrected chi connectivity index (χ3v) is 3.65. The number of amides is 1. The molecule has 1 aromatic carbocycles. The zero-order valence-corrected chi connectivity index (χ0v) is 10.9. The first-order valence-electron chi connectivity index (χ1n) is 6.17. The average molecular weight is 268 g/mol. The Morgan fingerprint density at radius 3 is 2.83 bits per heavy atom. The number of hydrogen-bond acceptors (Lipinski definition) is 3. The van der Waals surface area contributed by atoms with Gasteiger partial charge in [-0.05, 0) is 43.9 Å². The van der Waals surface area contributed by atoms with Crippen molar-refractivity contribution in [1.29, 1.82) is 0 Å². The Morgan fingerprint density at radius 1 is 1.39 bits per heavy atom. The van der Waals surface area contributed by atoms with Crippen LogP contribution in [0.2, 0.25) is 5.02 Å². The molecule has 1 amide bonds. The van der Waals surface area contributed by atoms with E-state index in [0.717, 1.165) is 31.4 Å². The monoisotopic (exact) mass is 267 g/mol. The number of carbonyl (C=O) groups excluding carboxylic acids is 1. The second-order valence-corrected chi connectivity index (χ2v) is 5.23. The van der Waals surface area contributed by atoms with Crippen molar-refractivity contribution in [3.63, 3.8) is 0 Å². The SMILES string of the molecule is NC(=O)c1ccc(Cl)c(NC2CCCC(N)C2)c1. The molecule has 1 aliphatic rings. The van der Waals surface area contributed by atoms with E-state index in [0.29, 0.717) is 16.6 Å². The summed E-state index contributed by atoms with van der Waals surface area (Å²) in [7, 11) is 0. The molecular formula is C13H18ClN3O. The Bertz CT molecular complexity index is 450. The lowest BCUT2D eigenvalue weighted by Gasteiger charge is -2.28. The molecule has 0 spiro atoms. The Morgan fingerprint density at radius 2 is 2.17 bits per heavy atom. The van der Waals surface area contributed by atoms with Gasteiger partial charge < -0.3 is 16.8 Å². The standard InChI is InChI=1S/C13H18ClN3O/c14-11-5-4-8(13(16)18)6-12(11)17-10-3-1-2-9(15)7-10/h4-6,9-10,17H,1-3,7,15H2,(H2,16,18). The first-order chi connectivity index (χ1) is 8.56. The minimum Gasteiger partial charge on any atom is -0.381 e. The smallest absolute Gasteiger partial charge is 0.248 e. The Hall–Kier alpha value is -1.26. The van der Waals surface area contributed by atoms with E-state index in [2.05, 4.69) is 5.32 Å². The Kier molecular flexibility index (Phi) is 4.09. The van der Waals surface area contributed by atoms with Gasteiger partial charge in [0, 0.05) is 17.6 Å². The molecule has 1 saturated carbocycles. The highest BCUT2D eigenvalue weighted by atomic mass is 35.5. The number of halogens is 1. The summed E-state index contributed by atoms with van der Waals surface area (Å²) in [6, 6.07) is 5.57. The van der Waals surface area contributed by atoms with Gasteiger partial charge in [0.2, 0.25) is 5.91 Å². The van der Waals surface area contributed by atoms with E-state index in [1.54, 1.807) is 18.2 Å². The number of anilines is 1. The van der Waals surface area contributed by atoms with Crippen LogP contribution in [0.5, 0.6) is 0 Å². The molecule has 5 N–H and O–H groups in total. The van der Waals surface area contributed by atoms with Crippen molar-refractivity contribution in [3.8, 4) is 0 Å². The van der Waals surface area contributed by atoms with Gasteiger partial charge in [0.05, 0.1) is 10.7 Å². The van der Waals surface area contributed by atoms with Crippen LogP contribution in [0.25, 0.3) is 0 Å². The van der Waals surface area contributed by atoms with Gasteiger partial charge in [0.1, 0.15) is 0 Å². The number of primary amides is 1. The van der Waals surface area contributed by atoms with Gasteiger partial charge in [-0.2, -0.15) is 0 Å². The molecule has 18 heavy (non-hydrogen) atoms. The van der Waals surface area contributed by atoms with Crippen molar-refractivity contribution in [3.05, 3.63) is 28.8 Å². The number of nitrogens with one attached hydrogen (secondary N) is 1. The molecule has 2 unspecified atom stereocenters. The molecule has 1 fully saturated rings. The predicted octanol–water partition coefficient (Wildman–Crippen LogP) is 2.12. The number of rotatable bonds is 3. The van der Waals surface area contributed by atoms with E-state index in [-0.39, 0.29) is 6.04 Å². The van der Waals surface area contributed by atoms with Crippen LogP contribution in [0.3, 0.4) is 0 Å². The summed E-state index contributed by atoms with van der Waals surface area (Å²) in [6.45, 7) is 0. The molecule has 0 aromatic heterocycles. The van der Waals surface area contributed by atoms with Crippen LogP contribution in [0, 0.1) is 0 Å². The topological polar surface area (TPSA) is 81.1 Å². The lowest BCUT2D eigenvalue weighted by Crippen LogP contribution is -2.35. The summed E-state index contributed by atoms with van der Waals surface area (Å²) in [4.78, 5) is 11.1.